The van der Waals surface area contributed by atoms with Gasteiger partial charge in [-0.2, -0.15) is 0 Å². The largest absolute Gasteiger partial charge is 0.370 e. The molecule has 414 valence electrons. The molecule has 23 nitrogen and oxygen atoms in total. The van der Waals surface area contributed by atoms with Crippen molar-refractivity contribution in [3.63, 3.8) is 0 Å². The lowest BCUT2D eigenvalue weighted by molar-refractivity contribution is -0.135. The number of hydrogen-bond acceptors (Lipinski definition) is 10. The number of fused-ring (bicyclic) bond motifs is 2. The summed E-state index contributed by atoms with van der Waals surface area (Å²) < 4.78 is 0. The third-order valence-corrected chi connectivity index (χ3v) is 12.5. The summed E-state index contributed by atoms with van der Waals surface area (Å²) in [5, 5.41) is 20.2. The SMILES string of the molecule is CC(=O)N[C@@H](CCCN=C(N)N)C(=O)N[C@@H](Cc1ccccc1)C(=O)N[C@@H](CCCN=C(N)N)C(=O)N[C@@H](CCCN=C(N)N)C(=O)N[C@@H](Cc1ccc2ccccc2c1)C(=O)N[C@@H](Cc1ccc2ccccc2c1)C(N)=O. The zero-order valence-corrected chi connectivity index (χ0v) is 43.7. The molecule has 0 radical (unpaired) electrons. The number of guanidine groups is 3. The molecule has 5 aromatic rings. The lowest BCUT2D eigenvalue weighted by Crippen LogP contribution is -2.60. The summed E-state index contributed by atoms with van der Waals surface area (Å²) in [7, 11) is 0. The average molecular weight is 1070 g/mol. The molecule has 0 aliphatic heterocycles. The third kappa shape index (κ3) is 20.1. The van der Waals surface area contributed by atoms with Gasteiger partial charge in [-0.05, 0) is 76.8 Å². The maximum Gasteiger partial charge on any atom is 0.243 e. The summed E-state index contributed by atoms with van der Waals surface area (Å²) in [6.45, 7) is 1.54. The van der Waals surface area contributed by atoms with Crippen molar-refractivity contribution >= 4 is 80.8 Å². The first-order valence-electron chi connectivity index (χ1n) is 25.6. The van der Waals surface area contributed by atoms with Crippen LogP contribution in [0.4, 0.5) is 0 Å². The zero-order valence-electron chi connectivity index (χ0n) is 43.7. The monoisotopic (exact) mass is 1070 g/mol. The fourth-order valence-corrected chi connectivity index (χ4v) is 8.62. The van der Waals surface area contributed by atoms with Crippen LogP contribution in [0.2, 0.25) is 0 Å². The number of nitrogens with zero attached hydrogens (tertiary/aromatic N) is 3. The first-order chi connectivity index (χ1) is 37.3. The van der Waals surface area contributed by atoms with Gasteiger partial charge in [0.05, 0.1) is 0 Å². The van der Waals surface area contributed by atoms with Gasteiger partial charge in [0.2, 0.25) is 41.4 Å². The number of rotatable bonds is 30. The Hall–Kier alpha value is -9.28. The number of primary amides is 1. The molecule has 0 spiro atoms. The van der Waals surface area contributed by atoms with Gasteiger partial charge in [-0.25, -0.2) is 0 Å². The molecule has 7 amide bonds. The fraction of sp³-hybridized carbons (Fsp3) is 0.345. The Kier molecular flexibility index (Phi) is 23.2. The standard InChI is InChI=1S/C55H72N16O7/c1-33(72)66-41(18-9-25-63-53(57)58)48(74)70-45(30-34-12-3-2-4-13-34)51(77)68-42(19-10-26-64-54(59)60)49(75)67-43(20-11-27-65-55(61)62)50(76)71-46(32-36-22-24-38-15-6-8-17-40(38)29-36)52(78)69-44(47(56)73)31-35-21-23-37-14-5-7-16-39(37)28-35/h2-8,12-17,21-24,28-29,41-46H,9-11,18-20,25-27,30-32H2,1H3,(H2,56,73)(H,66,72)(H,67,75)(H,68,77)(H,69,78)(H,70,74)(H,71,76)(H4,57,58,63)(H4,59,60,64)(H4,61,62,65)/t41-,42-,43-,44-,45-,46-/m0/s1. The van der Waals surface area contributed by atoms with Crippen LogP contribution in [0.15, 0.2) is 130 Å². The number of benzene rings is 5. The zero-order chi connectivity index (χ0) is 56.6. The van der Waals surface area contributed by atoms with Crippen LogP contribution in [-0.4, -0.2) is 115 Å². The second-order valence-corrected chi connectivity index (χ2v) is 18.8. The summed E-state index contributed by atoms with van der Waals surface area (Å²) in [6.07, 6.45) is 0.622. The van der Waals surface area contributed by atoms with Crippen molar-refractivity contribution in [2.24, 2.45) is 55.1 Å². The predicted molar refractivity (Wildman–Crippen MR) is 302 cm³/mol. The van der Waals surface area contributed by atoms with E-state index >= 15 is 0 Å². The van der Waals surface area contributed by atoms with Crippen LogP contribution in [0, 0.1) is 0 Å². The first kappa shape index (κ1) is 59.6. The molecule has 5 aromatic carbocycles. The molecule has 23 heteroatoms. The van der Waals surface area contributed by atoms with Crippen molar-refractivity contribution in [1.82, 2.24) is 31.9 Å². The molecule has 0 fully saturated rings. The molecular weight excluding hydrogens is 997 g/mol. The molecule has 6 atom stereocenters. The number of nitrogens with two attached hydrogens (primary N) is 7. The fourth-order valence-electron chi connectivity index (χ4n) is 8.62. The highest BCUT2D eigenvalue weighted by Crippen LogP contribution is 2.19. The van der Waals surface area contributed by atoms with Crippen molar-refractivity contribution in [2.75, 3.05) is 19.6 Å². The third-order valence-electron chi connectivity index (χ3n) is 12.5. The Morgan fingerprint density at radius 2 is 0.692 bits per heavy atom. The normalized spacial score (nSPS) is 13.2. The van der Waals surface area contributed by atoms with E-state index in [0.717, 1.165) is 27.1 Å². The van der Waals surface area contributed by atoms with E-state index in [0.29, 0.717) is 17.5 Å². The molecule has 0 aliphatic carbocycles. The van der Waals surface area contributed by atoms with E-state index in [4.69, 9.17) is 40.1 Å². The summed E-state index contributed by atoms with van der Waals surface area (Å²) in [4.78, 5) is 110. The van der Waals surface area contributed by atoms with E-state index in [9.17, 15) is 33.6 Å². The number of carbonyl (C=O) groups is 7. The minimum atomic E-state index is -1.36. The number of hydrogen-bond donors (Lipinski definition) is 13. The molecule has 0 saturated carbocycles. The molecule has 0 bridgehead atoms. The molecular formula is C55H72N16O7. The number of nitrogens with one attached hydrogen (secondary N) is 6. The van der Waals surface area contributed by atoms with Crippen LogP contribution in [0.5, 0.6) is 0 Å². The quantitative estimate of drug-likeness (QED) is 0.0158. The van der Waals surface area contributed by atoms with E-state index < -0.39 is 77.6 Å². The van der Waals surface area contributed by atoms with Gasteiger partial charge in [0.1, 0.15) is 36.3 Å². The lowest BCUT2D eigenvalue weighted by atomic mass is 9.99. The van der Waals surface area contributed by atoms with Gasteiger partial charge >= 0.3 is 0 Å². The van der Waals surface area contributed by atoms with Gasteiger partial charge in [0.15, 0.2) is 17.9 Å². The second kappa shape index (κ2) is 30.3. The van der Waals surface area contributed by atoms with E-state index in [1.807, 2.05) is 84.9 Å². The minimum absolute atomic E-state index is 0.0309. The Bertz CT molecular complexity index is 2960. The number of carbonyl (C=O) groups excluding carboxylic acids is 7. The lowest BCUT2D eigenvalue weighted by Gasteiger charge is -2.28. The minimum Gasteiger partial charge on any atom is -0.370 e. The summed E-state index contributed by atoms with van der Waals surface area (Å²) in [5.74, 6) is -5.62. The van der Waals surface area contributed by atoms with E-state index in [1.54, 1.807) is 30.3 Å². The highest BCUT2D eigenvalue weighted by molar-refractivity contribution is 5.97. The van der Waals surface area contributed by atoms with Crippen molar-refractivity contribution in [3.05, 3.63) is 132 Å². The first-order valence-corrected chi connectivity index (χ1v) is 25.6. The predicted octanol–water partition coefficient (Wildman–Crippen LogP) is -0.404. The second-order valence-electron chi connectivity index (χ2n) is 18.8. The van der Waals surface area contributed by atoms with Gasteiger partial charge in [0, 0.05) is 45.8 Å². The highest BCUT2D eigenvalue weighted by Gasteiger charge is 2.33. The molecule has 5 rings (SSSR count). The maximum atomic E-state index is 14.7. The molecule has 0 heterocycles. The Balaban J connectivity index is 1.45. The van der Waals surface area contributed by atoms with E-state index in [-0.39, 0.29) is 88.9 Å². The van der Waals surface area contributed by atoms with E-state index in [2.05, 4.69) is 46.9 Å². The smallest absolute Gasteiger partial charge is 0.243 e. The van der Waals surface area contributed by atoms with Gasteiger partial charge in [-0.15, -0.1) is 0 Å². The van der Waals surface area contributed by atoms with Gasteiger partial charge < -0.3 is 72.0 Å². The molecule has 0 aromatic heterocycles. The summed E-state index contributed by atoms with van der Waals surface area (Å²) in [6, 6.07) is 27.7. The van der Waals surface area contributed by atoms with Crippen LogP contribution in [-0.2, 0) is 52.8 Å². The van der Waals surface area contributed by atoms with Crippen molar-refractivity contribution < 1.29 is 33.6 Å². The Morgan fingerprint density at radius 1 is 0.372 bits per heavy atom. The number of aliphatic imine (C=N–C) groups is 3. The molecule has 0 unspecified atom stereocenters. The van der Waals surface area contributed by atoms with Crippen molar-refractivity contribution in [3.8, 4) is 0 Å². The molecule has 20 N–H and O–H groups in total. The van der Waals surface area contributed by atoms with Crippen LogP contribution < -0.4 is 72.0 Å². The summed E-state index contributed by atoms with van der Waals surface area (Å²) >= 11 is 0. The Morgan fingerprint density at radius 3 is 1.08 bits per heavy atom. The van der Waals surface area contributed by atoms with Gasteiger partial charge in [-0.1, -0.05) is 115 Å². The maximum absolute atomic E-state index is 14.7. The molecule has 78 heavy (non-hydrogen) atoms. The van der Waals surface area contributed by atoms with Crippen LogP contribution in [0.3, 0.4) is 0 Å². The van der Waals surface area contributed by atoms with Gasteiger partial charge in [-0.3, -0.25) is 48.5 Å². The van der Waals surface area contributed by atoms with Crippen molar-refractivity contribution in [1.29, 1.82) is 0 Å². The highest BCUT2D eigenvalue weighted by atomic mass is 16.2. The Labute approximate surface area is 452 Å². The van der Waals surface area contributed by atoms with Crippen LogP contribution >= 0.6 is 0 Å². The molecule has 0 saturated heterocycles. The molecule has 0 aliphatic rings. The summed E-state index contributed by atoms with van der Waals surface area (Å²) in [5.41, 5.74) is 41.3. The van der Waals surface area contributed by atoms with Crippen LogP contribution in [0.25, 0.3) is 21.5 Å². The van der Waals surface area contributed by atoms with Crippen molar-refractivity contribution in [2.45, 2.75) is 101 Å². The number of amides is 7. The van der Waals surface area contributed by atoms with Crippen LogP contribution in [0.1, 0.15) is 62.1 Å². The topological polar surface area (TPSA) is 411 Å². The average Bonchev–Trinajstić information content (AvgIpc) is 3.41. The van der Waals surface area contributed by atoms with Gasteiger partial charge in [0.25, 0.3) is 0 Å². The van der Waals surface area contributed by atoms with E-state index in [1.165, 1.54) is 6.92 Å².